The van der Waals surface area contributed by atoms with Crippen molar-refractivity contribution in [3.05, 3.63) is 67.5 Å². The highest BCUT2D eigenvalue weighted by molar-refractivity contribution is 7.12. The van der Waals surface area contributed by atoms with Crippen LogP contribution >= 0.6 is 11.3 Å². The van der Waals surface area contributed by atoms with Gasteiger partial charge in [0.05, 0.1) is 0 Å². The van der Waals surface area contributed by atoms with Crippen LogP contribution in [0.2, 0.25) is 0 Å². The van der Waals surface area contributed by atoms with Crippen LogP contribution in [0, 0.1) is 0 Å². The number of nitrogens with one attached hydrogen (secondary N) is 1. The van der Waals surface area contributed by atoms with Gasteiger partial charge in [0, 0.05) is 34.9 Å². The van der Waals surface area contributed by atoms with Crippen molar-refractivity contribution in [1.82, 2.24) is 5.32 Å². The van der Waals surface area contributed by atoms with Gasteiger partial charge in [0.1, 0.15) is 17.1 Å². The maximum Gasteiger partial charge on any atom is 0.408 e. The van der Waals surface area contributed by atoms with E-state index in [1.165, 1.54) is 36.6 Å². The summed E-state index contributed by atoms with van der Waals surface area (Å²) >= 11 is 1.25. The lowest BCUT2D eigenvalue weighted by Crippen LogP contribution is -2.16. The fourth-order valence-corrected chi connectivity index (χ4v) is 4.07. The van der Waals surface area contributed by atoms with E-state index in [1.807, 2.05) is 0 Å². The van der Waals surface area contributed by atoms with Crippen LogP contribution in [-0.2, 0) is 12.8 Å². The van der Waals surface area contributed by atoms with Crippen molar-refractivity contribution in [1.29, 1.82) is 0 Å². The molecule has 1 amide bonds. The SMILES string of the molecule is CC(=Cc1ccc(CCCC(F)(F)F)s1)C(=O)c1c(O)cc(CCC/C=C/NC(=O)O)oc1=O. The van der Waals surface area contributed by atoms with E-state index in [0.717, 1.165) is 4.88 Å². The van der Waals surface area contributed by atoms with Gasteiger partial charge in [-0.3, -0.25) is 10.1 Å². The van der Waals surface area contributed by atoms with Crippen molar-refractivity contribution < 1.29 is 37.4 Å². The molecule has 2 rings (SSSR count). The zero-order valence-corrected chi connectivity index (χ0v) is 19.1. The molecular formula is C23H24F3NO6S. The number of alkyl halides is 3. The topological polar surface area (TPSA) is 117 Å². The molecule has 0 bridgehead atoms. The molecule has 2 aromatic rings. The number of aromatic hydroxyl groups is 1. The van der Waals surface area contributed by atoms with Crippen molar-refractivity contribution in [3.63, 3.8) is 0 Å². The van der Waals surface area contributed by atoms with Gasteiger partial charge >= 0.3 is 17.9 Å². The molecule has 34 heavy (non-hydrogen) atoms. The molecule has 0 aliphatic heterocycles. The van der Waals surface area contributed by atoms with Gasteiger partial charge < -0.3 is 14.6 Å². The number of carbonyl (C=O) groups is 2. The monoisotopic (exact) mass is 499 g/mol. The lowest BCUT2D eigenvalue weighted by molar-refractivity contribution is -0.135. The van der Waals surface area contributed by atoms with Gasteiger partial charge in [-0.2, -0.15) is 13.2 Å². The molecule has 0 spiro atoms. The van der Waals surface area contributed by atoms with Gasteiger partial charge in [0.15, 0.2) is 5.78 Å². The van der Waals surface area contributed by atoms with Crippen LogP contribution in [0.5, 0.6) is 5.75 Å². The number of aryl methyl sites for hydroxylation is 2. The Hall–Kier alpha value is -3.34. The quantitative estimate of drug-likeness (QED) is 0.208. The number of ketones is 1. The zero-order chi connectivity index (χ0) is 25.3. The van der Waals surface area contributed by atoms with Crippen molar-refractivity contribution >= 4 is 29.3 Å². The number of carboxylic acid groups (broad SMARTS) is 1. The second-order valence-electron chi connectivity index (χ2n) is 7.43. The number of allylic oxidation sites excluding steroid dienone is 2. The summed E-state index contributed by atoms with van der Waals surface area (Å²) in [5, 5.41) is 20.8. The largest absolute Gasteiger partial charge is 0.507 e. The van der Waals surface area contributed by atoms with E-state index in [0.29, 0.717) is 17.7 Å². The Morgan fingerprint density at radius 2 is 1.94 bits per heavy atom. The van der Waals surface area contributed by atoms with E-state index in [9.17, 15) is 32.7 Å². The van der Waals surface area contributed by atoms with Crippen molar-refractivity contribution in [3.8, 4) is 5.75 Å². The summed E-state index contributed by atoms with van der Waals surface area (Å²) in [7, 11) is 0. The van der Waals surface area contributed by atoms with Gasteiger partial charge in [-0.15, -0.1) is 11.3 Å². The molecule has 7 nitrogen and oxygen atoms in total. The number of halogens is 3. The van der Waals surface area contributed by atoms with Crippen LogP contribution in [0.4, 0.5) is 18.0 Å². The molecule has 0 aromatic carbocycles. The number of unbranched alkanes of at least 4 members (excludes halogenated alkanes) is 1. The van der Waals surface area contributed by atoms with E-state index >= 15 is 0 Å². The second-order valence-corrected chi connectivity index (χ2v) is 8.63. The number of amides is 1. The van der Waals surface area contributed by atoms with E-state index in [4.69, 9.17) is 9.52 Å². The number of thiophene rings is 1. The third-order valence-corrected chi connectivity index (χ3v) is 5.70. The molecule has 184 valence electrons. The maximum absolute atomic E-state index is 12.7. The molecule has 0 unspecified atom stereocenters. The minimum atomic E-state index is -4.20. The lowest BCUT2D eigenvalue weighted by Gasteiger charge is -2.05. The number of hydrogen-bond donors (Lipinski definition) is 3. The smallest absolute Gasteiger partial charge is 0.408 e. The number of hydrogen-bond acceptors (Lipinski definition) is 6. The maximum atomic E-state index is 12.7. The van der Waals surface area contributed by atoms with Crippen LogP contribution < -0.4 is 10.9 Å². The summed E-state index contributed by atoms with van der Waals surface area (Å²) in [6.45, 7) is 1.47. The third-order valence-electron chi connectivity index (χ3n) is 4.61. The van der Waals surface area contributed by atoms with E-state index in [-0.39, 0.29) is 30.6 Å². The van der Waals surface area contributed by atoms with Crippen LogP contribution in [0.15, 0.2) is 45.3 Å². The Kier molecular flexibility index (Phi) is 9.67. The second kappa shape index (κ2) is 12.2. The standard InChI is InChI=1S/C23H24F3NO6S/c1-14(12-17-9-8-16(34-17)7-5-10-23(24,25)26)20(29)19-18(28)13-15(33-21(19)30)6-3-2-4-11-27-22(31)32/h4,8-9,11-13,27-28H,2-3,5-7,10H2,1H3,(H,31,32)/b11-4+,14-12?. The van der Waals surface area contributed by atoms with E-state index in [2.05, 4.69) is 5.32 Å². The first-order valence-corrected chi connectivity index (χ1v) is 11.2. The first kappa shape index (κ1) is 26.9. The molecule has 0 atom stereocenters. The predicted molar refractivity (Wildman–Crippen MR) is 121 cm³/mol. The molecule has 0 fully saturated rings. The van der Waals surface area contributed by atoms with Crippen molar-refractivity contribution in [2.24, 2.45) is 0 Å². The van der Waals surface area contributed by atoms with Crippen molar-refractivity contribution in [2.45, 2.75) is 51.6 Å². The van der Waals surface area contributed by atoms with Gasteiger partial charge in [-0.05, 0) is 56.4 Å². The Bertz CT molecular complexity index is 1130. The molecule has 3 N–H and O–H groups in total. The lowest BCUT2D eigenvalue weighted by atomic mass is 10.0. The molecular weight excluding hydrogens is 475 g/mol. The van der Waals surface area contributed by atoms with Crippen LogP contribution in [0.25, 0.3) is 6.08 Å². The summed E-state index contributed by atoms with van der Waals surface area (Å²) in [4.78, 5) is 36.7. The Morgan fingerprint density at radius 1 is 1.21 bits per heavy atom. The average Bonchev–Trinajstić information content (AvgIpc) is 3.15. The molecule has 0 radical (unpaired) electrons. The molecule has 11 heteroatoms. The van der Waals surface area contributed by atoms with Crippen LogP contribution in [0.1, 0.15) is 58.5 Å². The molecule has 2 heterocycles. The fraction of sp³-hybridized carbons (Fsp3) is 0.348. The summed E-state index contributed by atoms with van der Waals surface area (Å²) in [5.74, 6) is -1.04. The van der Waals surface area contributed by atoms with Crippen LogP contribution in [-0.4, -0.2) is 28.3 Å². The van der Waals surface area contributed by atoms with E-state index in [1.54, 1.807) is 18.2 Å². The van der Waals surface area contributed by atoms with Gasteiger partial charge in [-0.25, -0.2) is 9.59 Å². The van der Waals surface area contributed by atoms with Gasteiger partial charge in [0.25, 0.3) is 0 Å². The molecule has 0 aliphatic rings. The third kappa shape index (κ3) is 8.89. The summed E-state index contributed by atoms with van der Waals surface area (Å²) in [5.41, 5.74) is -1.31. The number of Topliss-reactive ketones (excluding diaryl/α,β-unsaturated/α-hetero) is 1. The summed E-state index contributed by atoms with van der Waals surface area (Å²) < 4.78 is 42.0. The molecule has 0 aliphatic carbocycles. The minimum Gasteiger partial charge on any atom is -0.507 e. The van der Waals surface area contributed by atoms with Gasteiger partial charge in [0.2, 0.25) is 0 Å². The van der Waals surface area contributed by atoms with Gasteiger partial charge in [-0.1, -0.05) is 6.08 Å². The Morgan fingerprint density at radius 3 is 2.59 bits per heavy atom. The summed E-state index contributed by atoms with van der Waals surface area (Å²) in [6, 6.07) is 4.57. The summed E-state index contributed by atoms with van der Waals surface area (Å²) in [6.07, 6.45) is -0.351. The van der Waals surface area contributed by atoms with Crippen molar-refractivity contribution in [2.75, 3.05) is 0 Å². The van der Waals surface area contributed by atoms with E-state index < -0.39 is 41.4 Å². The molecule has 0 saturated carbocycles. The number of rotatable bonds is 11. The highest BCUT2D eigenvalue weighted by Crippen LogP contribution is 2.27. The molecule has 0 saturated heterocycles. The number of carbonyl (C=O) groups excluding carboxylic acids is 1. The Balaban J connectivity index is 2.02. The minimum absolute atomic E-state index is 0.0259. The predicted octanol–water partition coefficient (Wildman–Crippen LogP) is 5.68. The normalized spacial score (nSPS) is 12.3. The highest BCUT2D eigenvalue weighted by atomic mass is 32.1. The fourth-order valence-electron chi connectivity index (χ4n) is 3.01. The molecule has 2 aromatic heterocycles. The Labute approximate surface area is 197 Å². The zero-order valence-electron chi connectivity index (χ0n) is 18.3. The average molecular weight is 500 g/mol. The first-order valence-electron chi connectivity index (χ1n) is 10.3. The highest BCUT2D eigenvalue weighted by Gasteiger charge is 2.26. The first-order chi connectivity index (χ1) is 16.0. The van der Waals surface area contributed by atoms with Crippen LogP contribution in [0.3, 0.4) is 0 Å².